The number of pyridine rings is 1. The van der Waals surface area contributed by atoms with Gasteiger partial charge in [0.25, 0.3) is 17.4 Å². The number of carbonyl (C=O) groups is 2. The van der Waals surface area contributed by atoms with Gasteiger partial charge >= 0.3 is 0 Å². The van der Waals surface area contributed by atoms with E-state index in [1.807, 2.05) is 7.05 Å². The van der Waals surface area contributed by atoms with Crippen LogP contribution in [0.5, 0.6) is 5.75 Å². The fraction of sp³-hybridized carbons (Fsp3) is 0.310. The molecule has 0 spiro atoms. The lowest BCUT2D eigenvalue weighted by Gasteiger charge is -2.33. The Labute approximate surface area is 244 Å². The minimum absolute atomic E-state index is 0.0235. The van der Waals surface area contributed by atoms with Crippen molar-refractivity contribution in [3.8, 4) is 17.1 Å². The SMILES string of the molecule is CN1CCC(N2C(=O)c3cc4nc(-c5c(NC[C@@H](O)COc6ccc(F)c(Cl)c6)cc[nH]c5=O)[nH]c4cc3C2=O)CC1. The van der Waals surface area contributed by atoms with Gasteiger partial charge in [0.1, 0.15) is 35.7 Å². The molecule has 0 radical (unpaired) electrons. The largest absolute Gasteiger partial charge is 0.491 e. The van der Waals surface area contributed by atoms with E-state index in [0.29, 0.717) is 33.6 Å². The number of anilines is 1. The average Bonchev–Trinajstić information content (AvgIpc) is 3.49. The van der Waals surface area contributed by atoms with Gasteiger partial charge in [-0.25, -0.2) is 9.37 Å². The molecule has 1 fully saturated rings. The van der Waals surface area contributed by atoms with Crippen LogP contribution in [0.1, 0.15) is 33.6 Å². The van der Waals surface area contributed by atoms with E-state index >= 15 is 0 Å². The molecule has 1 saturated heterocycles. The predicted octanol–water partition coefficient (Wildman–Crippen LogP) is 3.25. The third kappa shape index (κ3) is 5.24. The highest BCUT2D eigenvalue weighted by molar-refractivity contribution is 6.30. The molecule has 1 atom stereocenters. The average molecular weight is 595 g/mol. The smallest absolute Gasteiger partial charge is 0.261 e. The number of halogens is 2. The number of aromatic nitrogens is 3. The van der Waals surface area contributed by atoms with Crippen LogP contribution in [0.25, 0.3) is 22.4 Å². The van der Waals surface area contributed by atoms with Crippen molar-refractivity contribution < 1.29 is 23.8 Å². The van der Waals surface area contributed by atoms with Crippen molar-refractivity contribution in [2.75, 3.05) is 38.6 Å². The summed E-state index contributed by atoms with van der Waals surface area (Å²) in [5.41, 5.74) is 1.72. The summed E-state index contributed by atoms with van der Waals surface area (Å²) >= 11 is 5.77. The Morgan fingerprint density at radius 1 is 1.14 bits per heavy atom. The lowest BCUT2D eigenvalue weighted by molar-refractivity contribution is 0.0516. The number of imide groups is 1. The molecule has 2 aliphatic heterocycles. The second-order valence-electron chi connectivity index (χ2n) is 10.5. The van der Waals surface area contributed by atoms with Gasteiger partial charge in [0, 0.05) is 24.8 Å². The van der Waals surface area contributed by atoms with Crippen molar-refractivity contribution >= 4 is 40.1 Å². The Morgan fingerprint density at radius 2 is 1.88 bits per heavy atom. The summed E-state index contributed by atoms with van der Waals surface area (Å²) in [6, 6.07) is 8.59. The number of benzene rings is 2. The molecule has 2 aromatic carbocycles. The number of hydrogen-bond acceptors (Lipinski definition) is 8. The first kappa shape index (κ1) is 27.9. The van der Waals surface area contributed by atoms with E-state index in [1.165, 1.54) is 29.3 Å². The lowest BCUT2D eigenvalue weighted by atomic mass is 10.0. The molecule has 0 unspecified atom stereocenters. The second-order valence-corrected chi connectivity index (χ2v) is 10.9. The van der Waals surface area contributed by atoms with Crippen molar-refractivity contribution in [2.24, 2.45) is 0 Å². The summed E-state index contributed by atoms with van der Waals surface area (Å²) in [5, 5.41) is 13.4. The minimum atomic E-state index is -0.982. The van der Waals surface area contributed by atoms with Gasteiger partial charge in [-0.3, -0.25) is 19.3 Å². The van der Waals surface area contributed by atoms with Gasteiger partial charge in [-0.05, 0) is 63.3 Å². The van der Waals surface area contributed by atoms with Crippen LogP contribution in [0.15, 0.2) is 47.4 Å². The van der Waals surface area contributed by atoms with Crippen LogP contribution in [0.2, 0.25) is 5.02 Å². The number of aromatic amines is 2. The van der Waals surface area contributed by atoms with Crippen molar-refractivity contribution in [3.05, 3.63) is 74.9 Å². The number of ether oxygens (including phenoxy) is 1. The van der Waals surface area contributed by atoms with Crippen LogP contribution in [0.4, 0.5) is 10.1 Å². The molecule has 0 aliphatic carbocycles. The molecule has 0 bridgehead atoms. The first-order chi connectivity index (χ1) is 20.2. The van der Waals surface area contributed by atoms with E-state index in [2.05, 4.69) is 25.2 Å². The number of aliphatic hydroxyl groups excluding tert-OH is 1. The zero-order valence-corrected chi connectivity index (χ0v) is 23.4. The Balaban J connectivity index is 1.20. The molecule has 0 saturated carbocycles. The molecular weight excluding hydrogens is 567 g/mol. The van der Waals surface area contributed by atoms with Gasteiger partial charge < -0.3 is 30.0 Å². The monoisotopic (exact) mass is 594 g/mol. The number of nitrogens with zero attached hydrogens (tertiary/aromatic N) is 3. The number of rotatable bonds is 8. The Bertz CT molecular complexity index is 1700. The summed E-state index contributed by atoms with van der Waals surface area (Å²) in [4.78, 5) is 53.3. The second kappa shape index (κ2) is 11.2. The third-order valence-corrected chi connectivity index (χ3v) is 7.92. The third-order valence-electron chi connectivity index (χ3n) is 7.63. The standard InChI is InChI=1S/C29H28ClFN6O5/c1-36-8-5-15(6-9-36)37-28(40)18-11-23-24(12-19(18)29(37)41)35-26(34-23)25-22(4-7-32-27(25)39)33-13-16(38)14-42-17-2-3-21(31)20(30)10-17/h2-4,7,10-12,15-16,38H,5-6,8-9,13-14H2,1H3,(H,34,35)(H2,32,33,39)/t16-/m1/s1. The van der Waals surface area contributed by atoms with Crippen LogP contribution >= 0.6 is 11.6 Å². The maximum Gasteiger partial charge on any atom is 0.261 e. The van der Waals surface area contributed by atoms with Crippen LogP contribution in [-0.2, 0) is 0 Å². The predicted molar refractivity (Wildman–Crippen MR) is 155 cm³/mol. The number of amides is 2. The molecule has 2 aliphatic rings. The maximum atomic E-state index is 13.4. The lowest BCUT2D eigenvalue weighted by Crippen LogP contribution is -2.46. The molecular formula is C29H28ClFN6O5. The number of aliphatic hydroxyl groups is 1. The van der Waals surface area contributed by atoms with Crippen LogP contribution in [-0.4, -0.2) is 87.1 Å². The molecule has 11 nitrogen and oxygen atoms in total. The highest BCUT2D eigenvalue weighted by Gasteiger charge is 2.41. The molecule has 218 valence electrons. The number of nitrogens with one attached hydrogen (secondary N) is 3. The van der Waals surface area contributed by atoms with E-state index in [-0.39, 0.29) is 47.4 Å². The molecule has 2 amide bonds. The quantitative estimate of drug-likeness (QED) is 0.228. The molecule has 4 aromatic rings. The van der Waals surface area contributed by atoms with Gasteiger partial charge in [-0.2, -0.15) is 0 Å². The first-order valence-corrected chi connectivity index (χ1v) is 13.9. The van der Waals surface area contributed by atoms with Crippen molar-refractivity contribution in [2.45, 2.75) is 25.0 Å². The zero-order chi connectivity index (χ0) is 29.5. The number of fused-ring (bicyclic) bond motifs is 2. The van der Waals surface area contributed by atoms with Crippen molar-refractivity contribution in [1.82, 2.24) is 24.8 Å². The van der Waals surface area contributed by atoms with Crippen LogP contribution < -0.4 is 15.6 Å². The number of H-pyrrole nitrogens is 2. The Morgan fingerprint density at radius 3 is 2.62 bits per heavy atom. The normalized spacial score (nSPS) is 16.7. The van der Waals surface area contributed by atoms with Crippen molar-refractivity contribution in [3.63, 3.8) is 0 Å². The van der Waals surface area contributed by atoms with E-state index in [9.17, 15) is 23.9 Å². The highest BCUT2D eigenvalue weighted by atomic mass is 35.5. The van der Waals surface area contributed by atoms with Gasteiger partial charge in [-0.15, -0.1) is 0 Å². The molecule has 42 heavy (non-hydrogen) atoms. The summed E-state index contributed by atoms with van der Waals surface area (Å²) in [6.07, 6.45) is 1.94. The van der Waals surface area contributed by atoms with Gasteiger partial charge in [0.2, 0.25) is 0 Å². The number of carbonyl (C=O) groups excluding carboxylic acids is 2. The fourth-order valence-electron chi connectivity index (χ4n) is 5.37. The molecule has 4 N–H and O–H groups in total. The summed E-state index contributed by atoms with van der Waals surface area (Å²) in [6.45, 7) is 1.55. The van der Waals surface area contributed by atoms with Gasteiger partial charge in [-0.1, -0.05) is 11.6 Å². The first-order valence-electron chi connectivity index (χ1n) is 13.5. The van der Waals surface area contributed by atoms with E-state index < -0.39 is 17.5 Å². The molecule has 2 aromatic heterocycles. The van der Waals surface area contributed by atoms with E-state index in [1.54, 1.807) is 18.2 Å². The van der Waals surface area contributed by atoms with Crippen molar-refractivity contribution in [1.29, 1.82) is 0 Å². The Kier molecular flexibility index (Phi) is 7.43. The molecule has 13 heteroatoms. The molecule has 6 rings (SSSR count). The summed E-state index contributed by atoms with van der Waals surface area (Å²) in [7, 11) is 2.02. The summed E-state index contributed by atoms with van der Waals surface area (Å²) in [5.74, 6) is -0.678. The van der Waals surface area contributed by atoms with Gasteiger partial charge in [0.05, 0.1) is 32.9 Å². The zero-order valence-electron chi connectivity index (χ0n) is 22.6. The maximum absolute atomic E-state index is 13.4. The Hall–Kier alpha value is -4.26. The molecule has 4 heterocycles. The van der Waals surface area contributed by atoms with E-state index in [4.69, 9.17) is 16.3 Å². The minimum Gasteiger partial charge on any atom is -0.491 e. The van der Waals surface area contributed by atoms with Crippen LogP contribution in [0, 0.1) is 5.82 Å². The highest BCUT2D eigenvalue weighted by Crippen LogP contribution is 2.32. The summed E-state index contributed by atoms with van der Waals surface area (Å²) < 4.78 is 18.8. The topological polar surface area (TPSA) is 144 Å². The number of imidazole rings is 1. The number of piperidine rings is 1. The fourth-order valence-corrected chi connectivity index (χ4v) is 5.54. The van der Waals surface area contributed by atoms with Crippen LogP contribution in [0.3, 0.4) is 0 Å². The van der Waals surface area contributed by atoms with E-state index in [0.717, 1.165) is 25.9 Å². The van der Waals surface area contributed by atoms with Gasteiger partial charge in [0.15, 0.2) is 0 Å². The number of hydrogen-bond donors (Lipinski definition) is 4. The number of likely N-dealkylation sites (tertiary alicyclic amines) is 1.